The molecule has 7 heteroatoms. The molecule has 1 saturated heterocycles. The van der Waals surface area contributed by atoms with Crippen molar-refractivity contribution in [2.45, 2.75) is 37.6 Å². The lowest BCUT2D eigenvalue weighted by molar-refractivity contribution is -0.250. The molecule has 3 N–H and O–H groups in total. The molecule has 0 radical (unpaired) electrons. The van der Waals surface area contributed by atoms with Crippen LogP contribution in [0.25, 0.3) is 0 Å². The number of nitrogens with two attached hydrogens (primary N) is 1. The van der Waals surface area contributed by atoms with Gasteiger partial charge in [0.2, 0.25) is 5.60 Å². The van der Waals surface area contributed by atoms with Crippen LogP contribution in [0.1, 0.15) is 19.8 Å². The molecular weight excluding hydrogens is 225 g/mol. The van der Waals surface area contributed by atoms with Gasteiger partial charge in [-0.1, -0.05) is 0 Å². The number of carbonyl (C=O) groups excluding carboxylic acids is 1. The van der Waals surface area contributed by atoms with E-state index < -0.39 is 17.7 Å². The molecule has 0 aliphatic carbocycles. The Hall–Kier alpha value is -0.820. The third-order valence-electron chi connectivity index (χ3n) is 2.80. The number of hydrogen-bond donors (Lipinski definition) is 2. The predicted octanol–water partition coefficient (Wildman–Crippen LogP) is 0.249. The molecule has 4 nitrogen and oxygen atoms in total. The summed E-state index contributed by atoms with van der Waals surface area (Å²) in [4.78, 5) is 12.5. The van der Waals surface area contributed by atoms with Gasteiger partial charge in [-0.2, -0.15) is 13.2 Å². The fourth-order valence-electron chi connectivity index (χ4n) is 1.53. The maximum Gasteiger partial charge on any atom is 0.426 e. The number of likely N-dealkylation sites (tertiary alicyclic amines) is 1. The summed E-state index contributed by atoms with van der Waals surface area (Å²) in [6.45, 7) is 0.794. The molecule has 0 aromatic carbocycles. The minimum atomic E-state index is -4.95. The summed E-state index contributed by atoms with van der Waals surface area (Å²) in [7, 11) is 0. The second-order valence-corrected chi connectivity index (χ2v) is 4.20. The van der Waals surface area contributed by atoms with E-state index in [-0.39, 0.29) is 19.1 Å². The summed E-state index contributed by atoms with van der Waals surface area (Å²) in [6, 6.07) is -0.0834. The maximum absolute atomic E-state index is 12.4. The Bertz CT molecular complexity index is 270. The van der Waals surface area contributed by atoms with Gasteiger partial charge >= 0.3 is 6.18 Å². The monoisotopic (exact) mass is 240 g/mol. The van der Waals surface area contributed by atoms with Gasteiger partial charge in [0, 0.05) is 19.1 Å². The number of hydrogen-bond acceptors (Lipinski definition) is 3. The molecule has 1 rings (SSSR count). The van der Waals surface area contributed by atoms with Gasteiger partial charge in [-0.05, 0) is 19.8 Å². The summed E-state index contributed by atoms with van der Waals surface area (Å²) in [5.74, 6) is -1.30. The quantitative estimate of drug-likeness (QED) is 0.690. The standard InChI is InChI=1S/C9H15F3N2O2/c1-8(16,9(10,11)12)7(15)14-4-2-6(13)3-5-14/h6,16H,2-5,13H2,1H3. The predicted molar refractivity (Wildman–Crippen MR) is 50.5 cm³/mol. The summed E-state index contributed by atoms with van der Waals surface area (Å²) < 4.78 is 37.2. The molecule has 1 amide bonds. The number of alkyl halides is 3. The minimum Gasteiger partial charge on any atom is -0.373 e. The molecule has 0 aromatic rings. The zero-order chi connectivity index (χ0) is 12.6. The Morgan fingerprint density at radius 3 is 2.19 bits per heavy atom. The number of amides is 1. The van der Waals surface area contributed by atoms with Crippen LogP contribution in [0, 0.1) is 0 Å². The van der Waals surface area contributed by atoms with Crippen LogP contribution in [-0.2, 0) is 4.79 Å². The SMILES string of the molecule is CC(O)(C(=O)N1CCC(N)CC1)C(F)(F)F. The third-order valence-corrected chi connectivity index (χ3v) is 2.80. The van der Waals surface area contributed by atoms with Crippen molar-refractivity contribution in [2.24, 2.45) is 5.73 Å². The van der Waals surface area contributed by atoms with Crippen LogP contribution in [0.2, 0.25) is 0 Å². The first-order chi connectivity index (χ1) is 7.16. The van der Waals surface area contributed by atoms with Crippen molar-refractivity contribution < 1.29 is 23.1 Å². The largest absolute Gasteiger partial charge is 0.426 e. The highest BCUT2D eigenvalue weighted by atomic mass is 19.4. The van der Waals surface area contributed by atoms with Crippen LogP contribution in [0.5, 0.6) is 0 Å². The summed E-state index contributed by atoms with van der Waals surface area (Å²) in [5.41, 5.74) is 2.26. The minimum absolute atomic E-state index is 0.0834. The van der Waals surface area contributed by atoms with E-state index in [4.69, 9.17) is 5.73 Å². The molecule has 0 bridgehead atoms. The molecule has 1 fully saturated rings. The van der Waals surface area contributed by atoms with Crippen LogP contribution in [0.15, 0.2) is 0 Å². The first-order valence-corrected chi connectivity index (χ1v) is 5.00. The molecule has 1 atom stereocenters. The average Bonchev–Trinajstić information content (AvgIpc) is 2.16. The van der Waals surface area contributed by atoms with Crippen molar-refractivity contribution >= 4 is 5.91 Å². The van der Waals surface area contributed by atoms with E-state index in [1.807, 2.05) is 0 Å². The van der Waals surface area contributed by atoms with Crippen molar-refractivity contribution in [3.8, 4) is 0 Å². The summed E-state index contributed by atoms with van der Waals surface area (Å²) in [6.07, 6.45) is -4.04. The number of rotatable bonds is 1. The van der Waals surface area contributed by atoms with E-state index in [0.717, 1.165) is 4.90 Å². The Balaban J connectivity index is 2.71. The normalized spacial score (nSPS) is 23.0. The molecule has 1 heterocycles. The Morgan fingerprint density at radius 1 is 1.38 bits per heavy atom. The zero-order valence-corrected chi connectivity index (χ0v) is 8.92. The highest BCUT2D eigenvalue weighted by molar-refractivity contribution is 5.85. The van der Waals surface area contributed by atoms with Gasteiger partial charge in [0.25, 0.3) is 5.91 Å². The van der Waals surface area contributed by atoms with Gasteiger partial charge in [-0.3, -0.25) is 4.79 Å². The lowest BCUT2D eigenvalue weighted by atomic mass is 10.0. The van der Waals surface area contributed by atoms with Crippen LogP contribution in [0.3, 0.4) is 0 Å². The van der Waals surface area contributed by atoms with Gasteiger partial charge in [-0.25, -0.2) is 0 Å². The summed E-state index contributed by atoms with van der Waals surface area (Å²) >= 11 is 0. The van der Waals surface area contributed by atoms with Gasteiger partial charge in [0.05, 0.1) is 0 Å². The smallest absolute Gasteiger partial charge is 0.373 e. The van der Waals surface area contributed by atoms with E-state index in [1.165, 1.54) is 0 Å². The van der Waals surface area contributed by atoms with E-state index >= 15 is 0 Å². The number of carbonyl (C=O) groups is 1. The van der Waals surface area contributed by atoms with Gasteiger partial charge in [0.15, 0.2) is 0 Å². The van der Waals surface area contributed by atoms with Crippen LogP contribution in [-0.4, -0.2) is 46.8 Å². The molecule has 0 spiro atoms. The third kappa shape index (κ3) is 2.46. The Kier molecular flexibility index (Phi) is 3.49. The van der Waals surface area contributed by atoms with Crippen LogP contribution in [0.4, 0.5) is 13.2 Å². The van der Waals surface area contributed by atoms with Gasteiger partial charge < -0.3 is 15.7 Å². The van der Waals surface area contributed by atoms with Crippen molar-refractivity contribution in [2.75, 3.05) is 13.1 Å². The molecule has 1 aliphatic heterocycles. The number of nitrogens with zero attached hydrogens (tertiary/aromatic N) is 1. The number of aliphatic hydroxyl groups is 1. The fourth-order valence-corrected chi connectivity index (χ4v) is 1.53. The molecule has 1 unspecified atom stereocenters. The number of halogens is 3. The second kappa shape index (κ2) is 4.21. The van der Waals surface area contributed by atoms with Gasteiger partial charge in [-0.15, -0.1) is 0 Å². The second-order valence-electron chi connectivity index (χ2n) is 4.20. The van der Waals surface area contributed by atoms with Crippen molar-refractivity contribution in [1.29, 1.82) is 0 Å². The van der Waals surface area contributed by atoms with Crippen molar-refractivity contribution in [1.82, 2.24) is 4.90 Å². The van der Waals surface area contributed by atoms with Crippen LogP contribution < -0.4 is 5.73 Å². The molecule has 0 aromatic heterocycles. The molecule has 1 aliphatic rings. The highest BCUT2D eigenvalue weighted by Crippen LogP contribution is 2.32. The lowest BCUT2D eigenvalue weighted by Gasteiger charge is -2.35. The van der Waals surface area contributed by atoms with Crippen molar-refractivity contribution in [3.63, 3.8) is 0 Å². The summed E-state index contributed by atoms with van der Waals surface area (Å²) in [5, 5.41) is 9.19. The zero-order valence-electron chi connectivity index (χ0n) is 8.92. The van der Waals surface area contributed by atoms with E-state index in [2.05, 4.69) is 0 Å². The molecular formula is C9H15F3N2O2. The molecule has 16 heavy (non-hydrogen) atoms. The van der Waals surface area contributed by atoms with E-state index in [9.17, 15) is 23.1 Å². The van der Waals surface area contributed by atoms with Crippen LogP contribution >= 0.6 is 0 Å². The topological polar surface area (TPSA) is 66.6 Å². The Morgan fingerprint density at radius 2 is 1.81 bits per heavy atom. The van der Waals surface area contributed by atoms with Gasteiger partial charge in [0.1, 0.15) is 0 Å². The van der Waals surface area contributed by atoms with E-state index in [1.54, 1.807) is 0 Å². The maximum atomic E-state index is 12.4. The van der Waals surface area contributed by atoms with E-state index in [0.29, 0.717) is 19.8 Å². The first kappa shape index (κ1) is 13.2. The van der Waals surface area contributed by atoms with Crippen molar-refractivity contribution in [3.05, 3.63) is 0 Å². The first-order valence-electron chi connectivity index (χ1n) is 5.00. The number of piperidine rings is 1. The average molecular weight is 240 g/mol. The fraction of sp³-hybridized carbons (Fsp3) is 0.889. The molecule has 0 saturated carbocycles. The highest BCUT2D eigenvalue weighted by Gasteiger charge is 2.57. The lowest BCUT2D eigenvalue weighted by Crippen LogP contribution is -2.58. The Labute approximate surface area is 91.2 Å². The molecule has 94 valence electrons.